The number of aryl methyl sites for hydroxylation is 2. The zero-order valence-corrected chi connectivity index (χ0v) is 14.9. The van der Waals surface area contributed by atoms with Crippen molar-refractivity contribution in [2.75, 3.05) is 0 Å². The average Bonchev–Trinajstić information content (AvgIpc) is 3.04. The van der Waals surface area contributed by atoms with Gasteiger partial charge in [0.05, 0.1) is 12.2 Å². The van der Waals surface area contributed by atoms with Gasteiger partial charge in [-0.05, 0) is 49.8 Å². The molecule has 2 aliphatic rings. The summed E-state index contributed by atoms with van der Waals surface area (Å²) in [5, 5.41) is 8.31. The highest BCUT2D eigenvalue weighted by Crippen LogP contribution is 2.51. The molecule has 2 atom stereocenters. The maximum absolute atomic E-state index is 4.77. The van der Waals surface area contributed by atoms with Gasteiger partial charge < -0.3 is 4.52 Å². The summed E-state index contributed by atoms with van der Waals surface area (Å²) in [6.45, 7) is 4.80. The van der Waals surface area contributed by atoms with Crippen LogP contribution < -0.4 is 0 Å². The Hall–Kier alpha value is -2.43. The molecule has 1 unspecified atom stereocenters. The first-order chi connectivity index (χ1) is 12.2. The van der Waals surface area contributed by atoms with Crippen LogP contribution >= 0.6 is 0 Å². The van der Waals surface area contributed by atoms with Crippen molar-refractivity contribution in [1.29, 1.82) is 0 Å². The topological polar surface area (TPSA) is 56.7 Å². The lowest BCUT2D eigenvalue weighted by Crippen LogP contribution is -2.04. The number of hydrogen-bond donors (Lipinski definition) is 0. The van der Waals surface area contributed by atoms with Gasteiger partial charge in [-0.15, -0.1) is 0 Å². The highest BCUT2D eigenvalue weighted by atomic mass is 16.5. The lowest BCUT2D eigenvalue weighted by atomic mass is 10.1. The van der Waals surface area contributed by atoms with Crippen LogP contribution in [0.25, 0.3) is 11.4 Å². The summed E-state index contributed by atoms with van der Waals surface area (Å²) >= 11 is 0. The number of rotatable bonds is 3. The summed E-state index contributed by atoms with van der Waals surface area (Å²) in [7, 11) is 0. The van der Waals surface area contributed by atoms with E-state index in [0.717, 1.165) is 29.1 Å². The molecule has 3 aromatic rings. The van der Waals surface area contributed by atoms with Crippen molar-refractivity contribution >= 4 is 0 Å². The third-order valence-electron chi connectivity index (χ3n) is 5.20. The summed E-state index contributed by atoms with van der Waals surface area (Å²) in [4.78, 5) is 4.06. The Morgan fingerprint density at radius 2 is 2.00 bits per heavy atom. The van der Waals surface area contributed by atoms with Crippen LogP contribution in [-0.4, -0.2) is 19.9 Å². The van der Waals surface area contributed by atoms with Gasteiger partial charge in [-0.25, -0.2) is 0 Å². The van der Waals surface area contributed by atoms with Gasteiger partial charge >= 0.3 is 0 Å². The molecule has 2 aromatic heterocycles. The maximum Gasteiger partial charge on any atom is 0.214 e. The van der Waals surface area contributed by atoms with Gasteiger partial charge in [-0.1, -0.05) is 42.6 Å². The molecule has 0 aliphatic heterocycles. The lowest BCUT2D eigenvalue weighted by molar-refractivity contribution is 0.419. The number of aromatic nitrogens is 4. The van der Waals surface area contributed by atoms with Crippen molar-refractivity contribution in [1.82, 2.24) is 19.9 Å². The summed E-state index contributed by atoms with van der Waals surface area (Å²) in [5.41, 5.74) is 4.30. The molecule has 5 rings (SSSR count). The molecule has 0 amide bonds. The molecule has 2 fully saturated rings. The average molecular weight is 336 g/mol. The molecular weight excluding hydrogens is 312 g/mol. The molecular formula is C20H24N4O. The molecule has 0 spiro atoms. The van der Waals surface area contributed by atoms with Crippen molar-refractivity contribution < 1.29 is 4.52 Å². The van der Waals surface area contributed by atoms with Crippen LogP contribution in [-0.2, 0) is 6.54 Å². The predicted molar refractivity (Wildman–Crippen MR) is 96.0 cm³/mol. The largest absolute Gasteiger partial charge is 0.342 e. The van der Waals surface area contributed by atoms with Crippen LogP contribution in [0.3, 0.4) is 0 Å². The van der Waals surface area contributed by atoms with Crippen LogP contribution in [0.15, 0.2) is 41.2 Å². The van der Waals surface area contributed by atoms with Crippen LogP contribution in [0.2, 0.25) is 0 Å². The van der Waals surface area contributed by atoms with E-state index >= 15 is 0 Å². The third kappa shape index (κ3) is 3.81. The van der Waals surface area contributed by atoms with Crippen molar-refractivity contribution in [3.05, 3.63) is 53.7 Å². The Morgan fingerprint density at radius 3 is 2.56 bits per heavy atom. The van der Waals surface area contributed by atoms with E-state index in [4.69, 9.17) is 4.52 Å². The SMILES string of the molecule is C1CC2C[C@H]2C1.Cc1cc(C)n(Cc2cccc(-c3ncon3)c2)n1. The molecule has 0 bridgehead atoms. The standard InChI is InChI=1S/C14H14N4O.C6H10/c1-10-6-11(2)18(16-10)8-12-4-3-5-13(7-12)14-15-9-19-17-14;1-2-5-4-6(5)3-1/h3-7,9H,8H2,1-2H3;5-6H,1-4H2/t;5-,6?/m.1/s1. The monoisotopic (exact) mass is 336 g/mol. The summed E-state index contributed by atoms with van der Waals surface area (Å²) in [6.07, 6.45) is 7.58. The van der Waals surface area contributed by atoms with Gasteiger partial charge in [0.2, 0.25) is 12.2 Å². The normalized spacial score (nSPS) is 20.7. The van der Waals surface area contributed by atoms with E-state index in [0.29, 0.717) is 5.82 Å². The maximum atomic E-state index is 4.77. The zero-order valence-electron chi connectivity index (χ0n) is 14.9. The van der Waals surface area contributed by atoms with E-state index in [1.165, 1.54) is 24.7 Å². The molecule has 2 aliphatic carbocycles. The first kappa shape index (κ1) is 16.1. The van der Waals surface area contributed by atoms with E-state index in [1.54, 1.807) is 19.3 Å². The third-order valence-corrected chi connectivity index (χ3v) is 5.20. The van der Waals surface area contributed by atoms with E-state index in [-0.39, 0.29) is 0 Å². The second-order valence-electron chi connectivity index (χ2n) is 7.23. The Labute approximate surface area is 148 Å². The van der Waals surface area contributed by atoms with Gasteiger partial charge in [0.25, 0.3) is 0 Å². The zero-order chi connectivity index (χ0) is 17.2. The summed E-state index contributed by atoms with van der Waals surface area (Å²) in [6, 6.07) is 10.2. The second kappa shape index (κ2) is 6.82. The molecule has 5 heteroatoms. The lowest BCUT2D eigenvalue weighted by Gasteiger charge is -2.05. The van der Waals surface area contributed by atoms with Crippen molar-refractivity contribution in [3.63, 3.8) is 0 Å². The Kier molecular flexibility index (Phi) is 4.38. The Morgan fingerprint density at radius 1 is 1.16 bits per heavy atom. The molecule has 5 nitrogen and oxygen atoms in total. The quantitative estimate of drug-likeness (QED) is 0.711. The molecule has 1 aromatic carbocycles. The fraction of sp³-hybridized carbons (Fsp3) is 0.450. The molecule has 2 heterocycles. The summed E-state index contributed by atoms with van der Waals surface area (Å²) in [5.74, 6) is 3.03. The smallest absolute Gasteiger partial charge is 0.214 e. The predicted octanol–water partition coefficient (Wildman–Crippen LogP) is 4.40. The van der Waals surface area contributed by atoms with Gasteiger partial charge in [0.1, 0.15) is 0 Å². The minimum absolute atomic E-state index is 0.607. The number of hydrogen-bond acceptors (Lipinski definition) is 4. The number of fused-ring (bicyclic) bond motifs is 1. The van der Waals surface area contributed by atoms with Gasteiger partial charge in [0.15, 0.2) is 0 Å². The Balaban J connectivity index is 0.000000217. The van der Waals surface area contributed by atoms with E-state index in [9.17, 15) is 0 Å². The molecule has 0 saturated heterocycles. The minimum atomic E-state index is 0.607. The van der Waals surface area contributed by atoms with Crippen LogP contribution in [0.4, 0.5) is 0 Å². The van der Waals surface area contributed by atoms with E-state index in [2.05, 4.69) is 40.4 Å². The van der Waals surface area contributed by atoms with Crippen molar-refractivity contribution in [2.45, 2.75) is 46.1 Å². The fourth-order valence-corrected chi connectivity index (χ4v) is 3.77. The fourth-order valence-electron chi connectivity index (χ4n) is 3.77. The molecule has 2 saturated carbocycles. The number of benzene rings is 1. The van der Waals surface area contributed by atoms with Crippen molar-refractivity contribution in [3.8, 4) is 11.4 Å². The van der Waals surface area contributed by atoms with Crippen molar-refractivity contribution in [2.24, 2.45) is 11.8 Å². The molecule has 0 radical (unpaired) electrons. The van der Waals surface area contributed by atoms with Crippen LogP contribution in [0, 0.1) is 25.7 Å². The highest BCUT2D eigenvalue weighted by Gasteiger charge is 2.40. The minimum Gasteiger partial charge on any atom is -0.342 e. The molecule has 0 N–H and O–H groups in total. The second-order valence-corrected chi connectivity index (χ2v) is 7.23. The van der Waals surface area contributed by atoms with Gasteiger partial charge in [-0.2, -0.15) is 10.1 Å². The van der Waals surface area contributed by atoms with Crippen LogP contribution in [0.5, 0.6) is 0 Å². The first-order valence-electron chi connectivity index (χ1n) is 9.06. The number of nitrogens with zero attached hydrogens (tertiary/aromatic N) is 4. The van der Waals surface area contributed by atoms with Gasteiger partial charge in [0, 0.05) is 11.3 Å². The first-order valence-corrected chi connectivity index (χ1v) is 9.06. The van der Waals surface area contributed by atoms with E-state index < -0.39 is 0 Å². The molecule has 25 heavy (non-hydrogen) atoms. The van der Waals surface area contributed by atoms with Gasteiger partial charge in [-0.3, -0.25) is 4.68 Å². The van der Waals surface area contributed by atoms with E-state index in [1.807, 2.05) is 23.7 Å². The Bertz CT molecular complexity index is 829. The van der Waals surface area contributed by atoms with Crippen LogP contribution in [0.1, 0.15) is 42.6 Å². The highest BCUT2D eigenvalue weighted by molar-refractivity contribution is 5.55. The summed E-state index contributed by atoms with van der Waals surface area (Å²) < 4.78 is 6.76. The molecule has 130 valence electrons.